The first-order chi connectivity index (χ1) is 14.9. The highest BCUT2D eigenvalue weighted by atomic mass is 16.5. The Labute approximate surface area is 182 Å². The molecular formula is C24H29N3O4. The van der Waals surface area contributed by atoms with Gasteiger partial charge in [-0.15, -0.1) is 0 Å². The molecule has 7 nitrogen and oxygen atoms in total. The minimum absolute atomic E-state index is 0.114. The van der Waals surface area contributed by atoms with E-state index in [0.29, 0.717) is 18.4 Å². The Morgan fingerprint density at radius 3 is 2.26 bits per heavy atom. The zero-order valence-corrected chi connectivity index (χ0v) is 17.6. The van der Waals surface area contributed by atoms with Gasteiger partial charge in [0.1, 0.15) is 0 Å². The number of rotatable bonds is 11. The molecule has 31 heavy (non-hydrogen) atoms. The van der Waals surface area contributed by atoms with Crippen molar-refractivity contribution in [3.63, 3.8) is 0 Å². The number of urea groups is 1. The fourth-order valence-electron chi connectivity index (χ4n) is 3.50. The van der Waals surface area contributed by atoms with Crippen LogP contribution in [0, 0.1) is 5.92 Å². The van der Waals surface area contributed by atoms with Crippen LogP contribution in [0.25, 0.3) is 6.08 Å². The standard InChI is InChI=1S/C24H29N3O4/c1-2-6-19(23(29)20-7-4-3-5-8-20)14-15-21(26-24(25)30)18-12-9-17(10-13-18)11-16-22(28)27-31/h3-5,7-13,16,19,21,31H,2,6,14-15H2,1H3,(H,27,28)(H3,25,26,30). The van der Waals surface area contributed by atoms with Gasteiger partial charge in [0.05, 0.1) is 6.04 Å². The highest BCUT2D eigenvalue weighted by Crippen LogP contribution is 2.26. The van der Waals surface area contributed by atoms with E-state index in [0.717, 1.165) is 24.0 Å². The molecule has 0 radical (unpaired) electrons. The van der Waals surface area contributed by atoms with E-state index in [9.17, 15) is 14.4 Å². The summed E-state index contributed by atoms with van der Waals surface area (Å²) in [7, 11) is 0. The second kappa shape index (κ2) is 12.3. The van der Waals surface area contributed by atoms with Gasteiger partial charge in [-0.2, -0.15) is 0 Å². The molecule has 0 aliphatic rings. The molecule has 164 valence electrons. The van der Waals surface area contributed by atoms with Crippen LogP contribution in [0.4, 0.5) is 4.79 Å². The number of primary amides is 1. The lowest BCUT2D eigenvalue weighted by molar-refractivity contribution is -0.124. The van der Waals surface area contributed by atoms with Crippen molar-refractivity contribution in [1.82, 2.24) is 10.8 Å². The van der Waals surface area contributed by atoms with Crippen molar-refractivity contribution in [2.45, 2.75) is 38.6 Å². The van der Waals surface area contributed by atoms with Crippen molar-refractivity contribution >= 4 is 23.8 Å². The van der Waals surface area contributed by atoms with Gasteiger partial charge < -0.3 is 11.1 Å². The maximum atomic E-state index is 12.9. The number of carbonyl (C=O) groups is 3. The Kier molecular flexibility index (Phi) is 9.45. The fourth-order valence-corrected chi connectivity index (χ4v) is 3.50. The number of hydrogen-bond donors (Lipinski definition) is 4. The lowest BCUT2D eigenvalue weighted by Crippen LogP contribution is -2.33. The number of ketones is 1. The third kappa shape index (κ3) is 7.71. The van der Waals surface area contributed by atoms with E-state index in [2.05, 4.69) is 5.32 Å². The Bertz CT molecular complexity index is 895. The third-order valence-corrected chi connectivity index (χ3v) is 5.06. The van der Waals surface area contributed by atoms with Crippen molar-refractivity contribution in [3.05, 3.63) is 77.4 Å². The Morgan fingerprint density at radius 1 is 1.00 bits per heavy atom. The van der Waals surface area contributed by atoms with Crippen LogP contribution in [0.5, 0.6) is 0 Å². The topological polar surface area (TPSA) is 122 Å². The molecule has 0 bridgehead atoms. The molecule has 0 aliphatic heterocycles. The first kappa shape index (κ1) is 23.8. The fraction of sp³-hybridized carbons (Fsp3) is 0.292. The van der Waals surface area contributed by atoms with Gasteiger partial charge in [0.15, 0.2) is 5.78 Å². The third-order valence-electron chi connectivity index (χ3n) is 5.06. The largest absolute Gasteiger partial charge is 0.352 e. The molecule has 0 aliphatic carbocycles. The zero-order chi connectivity index (χ0) is 22.6. The zero-order valence-electron chi connectivity index (χ0n) is 17.6. The predicted octanol–water partition coefficient (Wildman–Crippen LogP) is 3.99. The number of nitrogens with one attached hydrogen (secondary N) is 2. The molecule has 5 N–H and O–H groups in total. The van der Waals surface area contributed by atoms with E-state index < -0.39 is 11.9 Å². The van der Waals surface area contributed by atoms with E-state index in [4.69, 9.17) is 10.9 Å². The van der Waals surface area contributed by atoms with Crippen LogP contribution in [0.2, 0.25) is 0 Å². The van der Waals surface area contributed by atoms with Crippen molar-refractivity contribution in [2.24, 2.45) is 11.7 Å². The molecule has 2 aromatic carbocycles. The number of nitrogens with two attached hydrogens (primary N) is 1. The minimum Gasteiger partial charge on any atom is -0.352 e. The lowest BCUT2D eigenvalue weighted by Gasteiger charge is -2.22. The molecule has 0 fully saturated rings. The summed E-state index contributed by atoms with van der Waals surface area (Å²) in [5.74, 6) is -0.644. The van der Waals surface area contributed by atoms with Gasteiger partial charge in [-0.1, -0.05) is 67.9 Å². The summed E-state index contributed by atoms with van der Waals surface area (Å²) in [6.07, 6.45) is 5.60. The quantitative estimate of drug-likeness (QED) is 0.189. The van der Waals surface area contributed by atoms with Gasteiger partial charge in [0.2, 0.25) is 0 Å². The van der Waals surface area contributed by atoms with Crippen molar-refractivity contribution in [1.29, 1.82) is 0 Å². The number of benzene rings is 2. The van der Waals surface area contributed by atoms with Crippen LogP contribution in [0.1, 0.15) is 60.1 Å². The number of hydroxylamine groups is 1. The van der Waals surface area contributed by atoms with Gasteiger partial charge in [0, 0.05) is 17.6 Å². The summed E-state index contributed by atoms with van der Waals surface area (Å²) in [5.41, 5.74) is 9.21. The summed E-state index contributed by atoms with van der Waals surface area (Å²) < 4.78 is 0. The maximum Gasteiger partial charge on any atom is 0.312 e. The summed E-state index contributed by atoms with van der Waals surface area (Å²) >= 11 is 0. The molecule has 0 saturated carbocycles. The normalized spacial score (nSPS) is 12.8. The molecule has 2 aromatic rings. The highest BCUT2D eigenvalue weighted by Gasteiger charge is 2.22. The Hall–Kier alpha value is -3.45. The molecule has 0 aromatic heterocycles. The van der Waals surface area contributed by atoms with Crippen LogP contribution in [0.3, 0.4) is 0 Å². The number of carbonyl (C=O) groups excluding carboxylic acids is 3. The first-order valence-electron chi connectivity index (χ1n) is 10.3. The van der Waals surface area contributed by atoms with E-state index in [1.807, 2.05) is 49.4 Å². The van der Waals surface area contributed by atoms with Crippen LogP contribution in [0.15, 0.2) is 60.7 Å². The van der Waals surface area contributed by atoms with E-state index in [-0.39, 0.29) is 17.7 Å². The summed E-state index contributed by atoms with van der Waals surface area (Å²) in [5, 5.41) is 11.3. The molecule has 0 spiro atoms. The number of hydrogen-bond acceptors (Lipinski definition) is 4. The Morgan fingerprint density at radius 2 is 1.68 bits per heavy atom. The monoisotopic (exact) mass is 423 g/mol. The highest BCUT2D eigenvalue weighted by molar-refractivity contribution is 5.97. The molecule has 7 heteroatoms. The van der Waals surface area contributed by atoms with Crippen molar-refractivity contribution in [3.8, 4) is 0 Å². The number of Topliss-reactive ketones (excluding diaryl/α,β-unsaturated/α-hetero) is 1. The van der Waals surface area contributed by atoms with Crippen LogP contribution in [-0.4, -0.2) is 22.9 Å². The van der Waals surface area contributed by atoms with Crippen molar-refractivity contribution < 1.29 is 19.6 Å². The van der Waals surface area contributed by atoms with Crippen LogP contribution < -0.4 is 16.5 Å². The van der Waals surface area contributed by atoms with Crippen LogP contribution in [-0.2, 0) is 4.79 Å². The SMILES string of the molecule is CCCC(CCC(NC(N)=O)c1ccc(C=CC(=O)NO)cc1)C(=O)c1ccccc1. The summed E-state index contributed by atoms with van der Waals surface area (Å²) in [4.78, 5) is 35.6. The second-order valence-electron chi connectivity index (χ2n) is 7.33. The second-order valence-corrected chi connectivity index (χ2v) is 7.33. The van der Waals surface area contributed by atoms with Gasteiger partial charge in [-0.05, 0) is 36.5 Å². The molecule has 0 heterocycles. The summed E-state index contributed by atoms with van der Waals surface area (Å²) in [6, 6.07) is 15.6. The molecule has 0 saturated heterocycles. The van der Waals surface area contributed by atoms with Gasteiger partial charge in [-0.25, -0.2) is 10.3 Å². The average molecular weight is 424 g/mol. The lowest BCUT2D eigenvalue weighted by atomic mass is 9.87. The van der Waals surface area contributed by atoms with Gasteiger partial charge in [0.25, 0.3) is 5.91 Å². The molecule has 2 rings (SSSR count). The molecule has 3 amide bonds. The van der Waals surface area contributed by atoms with Crippen LogP contribution >= 0.6 is 0 Å². The maximum absolute atomic E-state index is 12.9. The predicted molar refractivity (Wildman–Crippen MR) is 119 cm³/mol. The van der Waals surface area contributed by atoms with Gasteiger partial charge >= 0.3 is 6.03 Å². The van der Waals surface area contributed by atoms with E-state index in [1.165, 1.54) is 11.6 Å². The molecule has 2 unspecified atom stereocenters. The van der Waals surface area contributed by atoms with Gasteiger partial charge in [-0.3, -0.25) is 14.8 Å². The van der Waals surface area contributed by atoms with E-state index >= 15 is 0 Å². The number of amides is 3. The van der Waals surface area contributed by atoms with E-state index in [1.54, 1.807) is 18.2 Å². The average Bonchev–Trinajstić information content (AvgIpc) is 2.79. The smallest absolute Gasteiger partial charge is 0.312 e. The van der Waals surface area contributed by atoms with Crippen molar-refractivity contribution in [2.75, 3.05) is 0 Å². The Balaban J connectivity index is 2.12. The minimum atomic E-state index is -0.630. The summed E-state index contributed by atoms with van der Waals surface area (Å²) in [6.45, 7) is 2.05. The molecule has 2 atom stereocenters. The first-order valence-corrected chi connectivity index (χ1v) is 10.3. The molecular weight excluding hydrogens is 394 g/mol.